The minimum absolute atomic E-state index is 0.00337. The van der Waals surface area contributed by atoms with Crippen LogP contribution in [0.3, 0.4) is 0 Å². The maximum atomic E-state index is 12.1. The quantitative estimate of drug-likeness (QED) is 0.215. The fraction of sp³-hybridized carbons (Fsp3) is 0.0500. The van der Waals surface area contributed by atoms with Crippen molar-refractivity contribution in [3.63, 3.8) is 0 Å². The van der Waals surface area contributed by atoms with E-state index in [2.05, 4.69) is 25.3 Å². The number of halogens is 2. The van der Waals surface area contributed by atoms with Crippen molar-refractivity contribution >= 4 is 57.7 Å². The Morgan fingerprint density at radius 1 is 1.14 bits per heavy atom. The van der Waals surface area contributed by atoms with Crippen molar-refractivity contribution in [2.45, 2.75) is 6.61 Å². The summed E-state index contributed by atoms with van der Waals surface area (Å²) in [6.45, 7) is -0.261. The number of carboxylic acids is 1. The Hall–Kier alpha value is -4.49. The second-order valence-electron chi connectivity index (χ2n) is 6.98. The molecular formula is C20H12Cl2N6O7. The van der Waals surface area contributed by atoms with E-state index >= 15 is 0 Å². The minimum atomic E-state index is -1.55. The number of aromatic carboxylic acids is 1. The third-order valence-corrected chi connectivity index (χ3v) is 5.00. The molecule has 2 heterocycles. The third-order valence-electron chi connectivity index (χ3n) is 4.56. The highest BCUT2D eigenvalue weighted by Crippen LogP contribution is 2.31. The van der Waals surface area contributed by atoms with Crippen LogP contribution in [0.1, 0.15) is 16.2 Å². The lowest BCUT2D eigenvalue weighted by molar-refractivity contribution is -0.384. The molecule has 2 aromatic heterocycles. The summed E-state index contributed by atoms with van der Waals surface area (Å²) in [5.74, 6) is -1.52. The van der Waals surface area contributed by atoms with Gasteiger partial charge in [-0.15, -0.1) is 0 Å². The first-order valence-electron chi connectivity index (χ1n) is 9.50. The number of carbonyl (C=O) groups excluding carboxylic acids is 1. The zero-order valence-electron chi connectivity index (χ0n) is 17.2. The Balaban J connectivity index is 1.58. The Morgan fingerprint density at radius 3 is 2.51 bits per heavy atom. The molecule has 0 radical (unpaired) electrons. The number of amides is 1. The molecule has 13 nitrogen and oxygen atoms in total. The fourth-order valence-electron chi connectivity index (χ4n) is 3.10. The van der Waals surface area contributed by atoms with Crippen LogP contribution >= 0.6 is 23.2 Å². The van der Waals surface area contributed by atoms with Gasteiger partial charge >= 0.3 is 12.1 Å². The Labute approximate surface area is 203 Å². The molecule has 0 fully saturated rings. The molecule has 4 N–H and O–H groups in total. The van der Waals surface area contributed by atoms with Crippen LogP contribution in [0.4, 0.5) is 16.2 Å². The van der Waals surface area contributed by atoms with Gasteiger partial charge in [0.1, 0.15) is 12.4 Å². The van der Waals surface area contributed by atoms with Crippen molar-refractivity contribution in [1.82, 2.24) is 19.9 Å². The van der Waals surface area contributed by atoms with Crippen molar-refractivity contribution in [2.75, 3.05) is 5.32 Å². The molecule has 1 amide bonds. The smallest absolute Gasteiger partial charge is 0.412 e. The molecule has 0 aliphatic carbocycles. The second-order valence-corrected chi connectivity index (χ2v) is 7.85. The number of H-pyrrole nitrogens is 2. The molecule has 35 heavy (non-hydrogen) atoms. The van der Waals surface area contributed by atoms with E-state index in [1.165, 1.54) is 30.5 Å². The first-order valence-corrected chi connectivity index (χ1v) is 10.3. The van der Waals surface area contributed by atoms with Crippen LogP contribution < -0.4 is 10.9 Å². The molecule has 0 atom stereocenters. The van der Waals surface area contributed by atoms with Gasteiger partial charge in [0.25, 0.3) is 11.2 Å². The largest absolute Gasteiger partial charge is 0.476 e. The molecular weight excluding hydrogens is 507 g/mol. The molecule has 0 saturated heterocycles. The molecule has 0 spiro atoms. The van der Waals surface area contributed by atoms with E-state index in [-0.39, 0.29) is 29.0 Å². The number of carbonyl (C=O) groups is 2. The van der Waals surface area contributed by atoms with Gasteiger partial charge in [-0.2, -0.15) is 0 Å². The van der Waals surface area contributed by atoms with E-state index in [4.69, 9.17) is 33.0 Å². The van der Waals surface area contributed by atoms with E-state index in [9.17, 15) is 24.5 Å². The van der Waals surface area contributed by atoms with Gasteiger partial charge in [0.2, 0.25) is 5.69 Å². The minimum Gasteiger partial charge on any atom is -0.476 e. The average molecular weight is 519 g/mol. The number of nitro benzene ring substituents is 1. The fourth-order valence-corrected chi connectivity index (χ4v) is 3.63. The van der Waals surface area contributed by atoms with Crippen LogP contribution in [0.25, 0.3) is 22.4 Å². The van der Waals surface area contributed by atoms with E-state index in [0.29, 0.717) is 21.4 Å². The first-order chi connectivity index (χ1) is 16.6. The van der Waals surface area contributed by atoms with Gasteiger partial charge in [-0.05, 0) is 24.3 Å². The van der Waals surface area contributed by atoms with E-state index < -0.39 is 33.9 Å². The predicted octanol–water partition coefficient (Wildman–Crippen LogP) is 3.98. The lowest BCUT2D eigenvalue weighted by Crippen LogP contribution is -2.19. The van der Waals surface area contributed by atoms with Gasteiger partial charge in [-0.1, -0.05) is 23.2 Å². The molecule has 0 unspecified atom stereocenters. The number of aromatic amines is 2. The molecule has 0 aliphatic rings. The summed E-state index contributed by atoms with van der Waals surface area (Å²) in [5.41, 5.74) is -1.62. The Morgan fingerprint density at radius 2 is 1.86 bits per heavy atom. The van der Waals surface area contributed by atoms with E-state index in [1.54, 1.807) is 0 Å². The zero-order chi connectivity index (χ0) is 25.3. The van der Waals surface area contributed by atoms with E-state index in [1.807, 2.05) is 0 Å². The molecule has 4 aromatic rings. The Kier molecular flexibility index (Phi) is 6.36. The topological polar surface area (TPSA) is 193 Å². The highest BCUT2D eigenvalue weighted by atomic mass is 35.5. The number of hydrogen-bond donors (Lipinski definition) is 4. The number of nitro groups is 1. The summed E-state index contributed by atoms with van der Waals surface area (Å²) in [6, 6.07) is 6.70. The molecule has 0 bridgehead atoms. The number of ether oxygens (including phenoxy) is 1. The highest BCUT2D eigenvalue weighted by molar-refractivity contribution is 6.35. The summed E-state index contributed by atoms with van der Waals surface area (Å²) in [7, 11) is 0. The lowest BCUT2D eigenvalue weighted by Gasteiger charge is -2.07. The van der Waals surface area contributed by atoms with Crippen molar-refractivity contribution < 1.29 is 24.4 Å². The second kappa shape index (κ2) is 9.40. The van der Waals surface area contributed by atoms with Gasteiger partial charge < -0.3 is 19.8 Å². The zero-order valence-corrected chi connectivity index (χ0v) is 18.7. The number of benzene rings is 2. The molecule has 178 valence electrons. The van der Waals surface area contributed by atoms with Crippen LogP contribution in [0, 0.1) is 10.1 Å². The summed E-state index contributed by atoms with van der Waals surface area (Å²) >= 11 is 11.8. The Bertz CT molecular complexity index is 1550. The molecule has 4 rings (SSSR count). The average Bonchev–Trinajstić information content (AvgIpc) is 3.24. The van der Waals surface area contributed by atoms with Crippen molar-refractivity contribution in [1.29, 1.82) is 0 Å². The number of aromatic nitrogens is 4. The SMILES string of the molecule is O=C(Nc1cc(Cl)cc(Cl)c1)OCc1cnc(-c2cc3nc(C(=O)O)c(=O)[nH]c3cc2[N+](=O)[O-])[nH]1. The van der Waals surface area contributed by atoms with Crippen molar-refractivity contribution in [2.24, 2.45) is 0 Å². The summed E-state index contributed by atoms with van der Waals surface area (Å²) in [5, 5.41) is 23.8. The maximum Gasteiger partial charge on any atom is 0.412 e. The number of imidazole rings is 1. The van der Waals surface area contributed by atoms with Crippen molar-refractivity contribution in [3.8, 4) is 11.4 Å². The number of fused-ring (bicyclic) bond motifs is 1. The number of hydrogen-bond acceptors (Lipinski definition) is 8. The number of nitrogens with one attached hydrogen (secondary N) is 3. The summed E-state index contributed by atoms with van der Waals surface area (Å²) < 4.78 is 5.11. The van der Waals surface area contributed by atoms with E-state index in [0.717, 1.165) is 6.07 Å². The first kappa shape index (κ1) is 23.7. The van der Waals surface area contributed by atoms with Crippen molar-refractivity contribution in [3.05, 3.63) is 78.4 Å². The van der Waals surface area contributed by atoms with Crippen LogP contribution in [-0.2, 0) is 11.3 Å². The third kappa shape index (κ3) is 5.20. The molecule has 15 heteroatoms. The number of rotatable bonds is 6. The maximum absolute atomic E-state index is 12.1. The van der Waals surface area contributed by atoms with Gasteiger partial charge in [-0.25, -0.2) is 19.6 Å². The molecule has 0 saturated carbocycles. The summed E-state index contributed by atoms with van der Waals surface area (Å²) in [4.78, 5) is 58.9. The van der Waals surface area contributed by atoms with Gasteiger partial charge in [0, 0.05) is 21.8 Å². The van der Waals surface area contributed by atoms with Crippen LogP contribution in [-0.4, -0.2) is 42.0 Å². The number of carboxylic acid groups (broad SMARTS) is 1. The van der Waals surface area contributed by atoms with Crippen LogP contribution in [0.15, 0.2) is 41.3 Å². The van der Waals surface area contributed by atoms with Gasteiger partial charge in [0.15, 0.2) is 0 Å². The number of anilines is 1. The molecule has 0 aliphatic heterocycles. The molecule has 2 aromatic carbocycles. The van der Waals surface area contributed by atoms with Crippen LogP contribution in [0.5, 0.6) is 0 Å². The standard InChI is InChI=1S/C20H12Cl2N6O7/c21-8-1-9(22)3-10(2-8)25-20(32)35-7-11-6-23-17(24-11)12-4-13-14(5-15(12)28(33)34)27-18(29)16(26-13)19(30)31/h1-6H,7H2,(H,23,24)(H,25,32)(H,27,29)(H,30,31). The van der Waals surface area contributed by atoms with Crippen LogP contribution in [0.2, 0.25) is 10.0 Å². The normalized spacial score (nSPS) is 10.8. The lowest BCUT2D eigenvalue weighted by atomic mass is 10.1. The summed E-state index contributed by atoms with van der Waals surface area (Å²) in [6.07, 6.45) is 0.487. The highest BCUT2D eigenvalue weighted by Gasteiger charge is 2.22. The predicted molar refractivity (Wildman–Crippen MR) is 124 cm³/mol. The number of nitrogens with zero attached hydrogens (tertiary/aromatic N) is 3. The van der Waals surface area contributed by atoms with Gasteiger partial charge in [-0.3, -0.25) is 20.2 Å². The van der Waals surface area contributed by atoms with Gasteiger partial charge in [0.05, 0.1) is 33.4 Å². The monoisotopic (exact) mass is 518 g/mol.